The Kier molecular flexibility index (Phi) is 4.25. The molecule has 2 aromatic carbocycles. The van der Waals surface area contributed by atoms with Gasteiger partial charge in [-0.1, -0.05) is 53.8 Å². The van der Waals surface area contributed by atoms with Gasteiger partial charge >= 0.3 is 0 Å². The van der Waals surface area contributed by atoms with Crippen LogP contribution in [-0.4, -0.2) is 16.1 Å². The van der Waals surface area contributed by atoms with Gasteiger partial charge in [-0.2, -0.15) is 0 Å². The number of carbonyl (C=O) groups excluding carboxylic acids is 1. The van der Waals surface area contributed by atoms with Gasteiger partial charge in [-0.05, 0) is 30.2 Å². The number of nitrogens with one attached hydrogen (secondary N) is 1. The summed E-state index contributed by atoms with van der Waals surface area (Å²) in [5.41, 5.74) is 2.76. The molecule has 0 aliphatic carbocycles. The fourth-order valence-corrected chi connectivity index (χ4v) is 2.79. The third-order valence-electron chi connectivity index (χ3n) is 3.20. The normalized spacial score (nSPS) is 10.4. The van der Waals surface area contributed by atoms with E-state index in [1.165, 1.54) is 11.3 Å². The first-order valence-electron chi connectivity index (χ1n) is 6.95. The predicted molar refractivity (Wildman–Crippen MR) is 87.7 cm³/mol. The average Bonchev–Trinajstić information content (AvgIpc) is 2.99. The van der Waals surface area contributed by atoms with Crippen LogP contribution in [0.3, 0.4) is 0 Å². The van der Waals surface area contributed by atoms with Gasteiger partial charge in [0, 0.05) is 5.56 Å². The van der Waals surface area contributed by atoms with Gasteiger partial charge in [0.2, 0.25) is 0 Å². The number of amides is 1. The number of nitrogens with zero attached hydrogens (tertiary/aromatic N) is 2. The minimum Gasteiger partial charge on any atom is -0.345 e. The zero-order valence-corrected chi connectivity index (χ0v) is 12.9. The van der Waals surface area contributed by atoms with Crippen LogP contribution in [0.15, 0.2) is 54.6 Å². The Bertz CT molecular complexity index is 783. The number of benzene rings is 2. The minimum absolute atomic E-state index is 0.106. The molecule has 0 fully saturated rings. The molecule has 0 aliphatic rings. The van der Waals surface area contributed by atoms with E-state index in [9.17, 15) is 4.79 Å². The van der Waals surface area contributed by atoms with Gasteiger partial charge in [-0.15, -0.1) is 10.2 Å². The van der Waals surface area contributed by atoms with Crippen molar-refractivity contribution in [1.82, 2.24) is 15.5 Å². The molecular formula is C17H15N3OS. The molecule has 1 aromatic heterocycles. The van der Waals surface area contributed by atoms with Crippen LogP contribution in [0.1, 0.15) is 20.4 Å². The summed E-state index contributed by atoms with van der Waals surface area (Å²) >= 11 is 1.49. The van der Waals surface area contributed by atoms with Crippen LogP contribution in [-0.2, 0) is 6.54 Å². The Labute approximate surface area is 132 Å². The Balaban J connectivity index is 1.73. The quantitative estimate of drug-likeness (QED) is 0.803. The lowest BCUT2D eigenvalue weighted by Crippen LogP contribution is -2.22. The molecule has 5 heteroatoms. The van der Waals surface area contributed by atoms with Crippen molar-refractivity contribution in [2.45, 2.75) is 13.5 Å². The van der Waals surface area contributed by atoms with E-state index in [1.807, 2.05) is 61.5 Å². The summed E-state index contributed by atoms with van der Waals surface area (Å²) in [5, 5.41) is 12.5. The predicted octanol–water partition coefficient (Wildman–Crippen LogP) is 3.44. The molecule has 0 aliphatic heterocycles. The fourth-order valence-electron chi connectivity index (χ4n) is 2.14. The highest BCUT2D eigenvalue weighted by Gasteiger charge is 2.08. The Morgan fingerprint density at radius 3 is 2.55 bits per heavy atom. The summed E-state index contributed by atoms with van der Waals surface area (Å²) in [6, 6.07) is 17.6. The maximum absolute atomic E-state index is 12.3. The van der Waals surface area contributed by atoms with Crippen molar-refractivity contribution in [2.75, 3.05) is 0 Å². The molecule has 0 unspecified atom stereocenters. The monoisotopic (exact) mass is 309 g/mol. The second-order valence-corrected chi connectivity index (χ2v) is 6.11. The van der Waals surface area contributed by atoms with Crippen LogP contribution < -0.4 is 5.32 Å². The van der Waals surface area contributed by atoms with E-state index in [1.54, 1.807) is 0 Å². The molecule has 3 aromatic rings. The van der Waals surface area contributed by atoms with Crippen LogP contribution in [0, 0.1) is 6.92 Å². The van der Waals surface area contributed by atoms with Gasteiger partial charge in [0.05, 0.1) is 6.54 Å². The number of aromatic nitrogens is 2. The number of rotatable bonds is 4. The van der Waals surface area contributed by atoms with E-state index < -0.39 is 0 Å². The van der Waals surface area contributed by atoms with Gasteiger partial charge in [-0.3, -0.25) is 4.79 Å². The van der Waals surface area contributed by atoms with Crippen LogP contribution >= 0.6 is 11.3 Å². The van der Waals surface area contributed by atoms with E-state index in [2.05, 4.69) is 15.5 Å². The summed E-state index contributed by atoms with van der Waals surface area (Å²) < 4.78 is 0. The Hall–Kier alpha value is -2.53. The lowest BCUT2D eigenvalue weighted by atomic mass is 10.0. The van der Waals surface area contributed by atoms with E-state index in [4.69, 9.17) is 0 Å². The first kappa shape index (κ1) is 14.4. The number of hydrogen-bond acceptors (Lipinski definition) is 4. The molecule has 0 bridgehead atoms. The van der Waals surface area contributed by atoms with Crippen molar-refractivity contribution in [1.29, 1.82) is 0 Å². The van der Waals surface area contributed by atoms with Crippen molar-refractivity contribution in [3.63, 3.8) is 0 Å². The Morgan fingerprint density at radius 1 is 1.05 bits per heavy atom. The van der Waals surface area contributed by atoms with Gasteiger partial charge in [0.1, 0.15) is 10.0 Å². The third-order valence-corrected chi connectivity index (χ3v) is 4.04. The van der Waals surface area contributed by atoms with Crippen molar-refractivity contribution in [2.24, 2.45) is 0 Å². The first-order chi connectivity index (χ1) is 10.7. The van der Waals surface area contributed by atoms with E-state index in [0.29, 0.717) is 12.1 Å². The molecule has 3 rings (SSSR count). The van der Waals surface area contributed by atoms with Gasteiger partial charge < -0.3 is 5.32 Å². The van der Waals surface area contributed by atoms with Crippen LogP contribution in [0.2, 0.25) is 0 Å². The number of hydrogen-bond donors (Lipinski definition) is 1. The Morgan fingerprint density at radius 2 is 1.82 bits per heavy atom. The van der Waals surface area contributed by atoms with Crippen LogP contribution in [0.4, 0.5) is 0 Å². The molecule has 0 saturated carbocycles. The van der Waals surface area contributed by atoms with E-state index in [0.717, 1.165) is 21.1 Å². The molecule has 0 atom stereocenters. The third kappa shape index (κ3) is 3.38. The molecule has 0 radical (unpaired) electrons. The van der Waals surface area contributed by atoms with Gasteiger partial charge in [-0.25, -0.2) is 0 Å². The van der Waals surface area contributed by atoms with Crippen molar-refractivity contribution < 1.29 is 4.79 Å². The second kappa shape index (κ2) is 6.49. The zero-order valence-electron chi connectivity index (χ0n) is 12.1. The van der Waals surface area contributed by atoms with E-state index >= 15 is 0 Å². The largest absolute Gasteiger partial charge is 0.345 e. The summed E-state index contributed by atoms with van der Waals surface area (Å²) in [7, 11) is 0. The highest BCUT2D eigenvalue weighted by atomic mass is 32.1. The summed E-state index contributed by atoms with van der Waals surface area (Å²) in [5.74, 6) is -0.106. The smallest absolute Gasteiger partial charge is 0.251 e. The molecule has 4 nitrogen and oxygen atoms in total. The van der Waals surface area contributed by atoms with E-state index in [-0.39, 0.29) is 5.91 Å². The van der Waals surface area contributed by atoms with Crippen LogP contribution in [0.25, 0.3) is 11.1 Å². The molecule has 1 amide bonds. The number of carbonyl (C=O) groups is 1. The van der Waals surface area contributed by atoms with Crippen LogP contribution in [0.5, 0.6) is 0 Å². The fraction of sp³-hybridized carbons (Fsp3) is 0.118. The second-order valence-electron chi connectivity index (χ2n) is 4.84. The first-order valence-corrected chi connectivity index (χ1v) is 7.77. The summed E-state index contributed by atoms with van der Waals surface area (Å²) in [6.45, 7) is 2.30. The molecule has 1 heterocycles. The molecule has 0 saturated heterocycles. The molecule has 1 N–H and O–H groups in total. The minimum atomic E-state index is -0.106. The zero-order chi connectivity index (χ0) is 15.4. The topological polar surface area (TPSA) is 54.9 Å². The number of aryl methyl sites for hydroxylation is 1. The molecule has 110 valence electrons. The molecule has 0 spiro atoms. The molecular weight excluding hydrogens is 294 g/mol. The maximum atomic E-state index is 12.3. The van der Waals surface area contributed by atoms with Gasteiger partial charge in [0.25, 0.3) is 5.91 Å². The summed E-state index contributed by atoms with van der Waals surface area (Å²) in [6.07, 6.45) is 0. The van der Waals surface area contributed by atoms with Crippen molar-refractivity contribution >= 4 is 17.2 Å². The van der Waals surface area contributed by atoms with Crippen molar-refractivity contribution in [3.8, 4) is 11.1 Å². The lowest BCUT2D eigenvalue weighted by Gasteiger charge is -2.06. The maximum Gasteiger partial charge on any atom is 0.251 e. The standard InChI is InChI=1S/C17H15N3OS/c1-12-19-20-16(22-12)11-18-17(21)15-9-5-8-14(10-15)13-6-3-2-4-7-13/h2-10H,11H2,1H3,(H,18,21). The highest BCUT2D eigenvalue weighted by molar-refractivity contribution is 7.11. The highest BCUT2D eigenvalue weighted by Crippen LogP contribution is 2.20. The van der Waals surface area contributed by atoms with Crippen molar-refractivity contribution in [3.05, 3.63) is 70.2 Å². The molecule has 22 heavy (non-hydrogen) atoms. The average molecular weight is 309 g/mol. The lowest BCUT2D eigenvalue weighted by molar-refractivity contribution is 0.0951. The SMILES string of the molecule is Cc1nnc(CNC(=O)c2cccc(-c3ccccc3)c2)s1. The summed E-state index contributed by atoms with van der Waals surface area (Å²) in [4.78, 5) is 12.3. The van der Waals surface area contributed by atoms with Gasteiger partial charge in [0.15, 0.2) is 0 Å².